The molecule has 110 valence electrons. The van der Waals surface area contributed by atoms with E-state index in [-0.39, 0.29) is 18.5 Å². The van der Waals surface area contributed by atoms with E-state index in [2.05, 4.69) is 14.7 Å². The van der Waals surface area contributed by atoms with Crippen LogP contribution in [0.4, 0.5) is 0 Å². The lowest BCUT2D eigenvalue weighted by Gasteiger charge is -2.24. The SMILES string of the molecule is CC(C)N(CC(=O)O)C(=O)c1ccc(-c2ncon2)cc1. The maximum atomic E-state index is 12.3. The number of aromatic nitrogens is 2. The summed E-state index contributed by atoms with van der Waals surface area (Å²) in [7, 11) is 0. The highest BCUT2D eigenvalue weighted by atomic mass is 16.5. The standard InChI is InChI=1S/C14H15N3O4/c1-9(2)17(7-12(18)19)14(20)11-5-3-10(4-6-11)13-15-8-21-16-13/h3-6,8-9H,7H2,1-2H3,(H,18,19). The maximum absolute atomic E-state index is 12.3. The summed E-state index contributed by atoms with van der Waals surface area (Å²) in [6.07, 6.45) is 1.22. The molecule has 21 heavy (non-hydrogen) atoms. The van der Waals surface area contributed by atoms with Crippen molar-refractivity contribution in [2.24, 2.45) is 0 Å². The number of aliphatic carboxylic acids is 1. The smallest absolute Gasteiger partial charge is 0.323 e. The average Bonchev–Trinajstić information content (AvgIpc) is 2.98. The lowest BCUT2D eigenvalue weighted by molar-refractivity contribution is -0.138. The molecule has 0 aliphatic rings. The second-order valence-electron chi connectivity index (χ2n) is 4.75. The molecule has 0 atom stereocenters. The minimum atomic E-state index is -1.04. The van der Waals surface area contributed by atoms with E-state index in [1.165, 1.54) is 11.3 Å². The summed E-state index contributed by atoms with van der Waals surface area (Å²) in [5.41, 5.74) is 1.13. The van der Waals surface area contributed by atoms with Gasteiger partial charge in [-0.25, -0.2) is 0 Å². The van der Waals surface area contributed by atoms with Crippen LogP contribution in [-0.2, 0) is 4.79 Å². The first-order chi connectivity index (χ1) is 9.99. The Morgan fingerprint density at radius 2 is 1.95 bits per heavy atom. The number of carboxylic acid groups (broad SMARTS) is 1. The largest absolute Gasteiger partial charge is 0.480 e. The van der Waals surface area contributed by atoms with Crippen LogP contribution in [0.15, 0.2) is 35.2 Å². The minimum Gasteiger partial charge on any atom is -0.480 e. The van der Waals surface area contributed by atoms with E-state index in [4.69, 9.17) is 5.11 Å². The number of benzene rings is 1. The van der Waals surface area contributed by atoms with Crippen LogP contribution < -0.4 is 0 Å². The number of hydrogen-bond donors (Lipinski definition) is 1. The fourth-order valence-electron chi connectivity index (χ4n) is 1.86. The van der Waals surface area contributed by atoms with Gasteiger partial charge in [0.2, 0.25) is 12.2 Å². The number of rotatable bonds is 5. The fourth-order valence-corrected chi connectivity index (χ4v) is 1.86. The van der Waals surface area contributed by atoms with Crippen molar-refractivity contribution in [3.05, 3.63) is 36.2 Å². The highest BCUT2D eigenvalue weighted by Crippen LogP contribution is 2.16. The molecule has 0 aliphatic carbocycles. The number of carbonyl (C=O) groups excluding carboxylic acids is 1. The molecule has 1 aromatic heterocycles. The van der Waals surface area contributed by atoms with Crippen molar-refractivity contribution in [3.8, 4) is 11.4 Å². The predicted octanol–water partition coefficient (Wildman–Crippen LogP) is 1.67. The molecule has 0 bridgehead atoms. The Kier molecular flexibility index (Phi) is 4.32. The van der Waals surface area contributed by atoms with E-state index in [9.17, 15) is 9.59 Å². The molecular formula is C14H15N3O4. The van der Waals surface area contributed by atoms with E-state index in [0.29, 0.717) is 11.4 Å². The first-order valence-corrected chi connectivity index (χ1v) is 6.38. The van der Waals surface area contributed by atoms with Crippen LogP contribution in [0, 0.1) is 0 Å². The zero-order valence-corrected chi connectivity index (χ0v) is 11.7. The molecule has 1 N–H and O–H groups in total. The van der Waals surface area contributed by atoms with E-state index >= 15 is 0 Å². The van der Waals surface area contributed by atoms with Crippen molar-refractivity contribution in [2.75, 3.05) is 6.54 Å². The summed E-state index contributed by atoms with van der Waals surface area (Å²) in [5, 5.41) is 12.6. The summed E-state index contributed by atoms with van der Waals surface area (Å²) in [6, 6.07) is 6.41. The molecule has 2 rings (SSSR count). The predicted molar refractivity (Wildman–Crippen MR) is 73.5 cm³/mol. The van der Waals surface area contributed by atoms with E-state index < -0.39 is 5.97 Å². The number of carboxylic acids is 1. The minimum absolute atomic E-state index is 0.203. The highest BCUT2D eigenvalue weighted by molar-refractivity contribution is 5.96. The summed E-state index contributed by atoms with van der Waals surface area (Å²) < 4.78 is 4.66. The molecule has 0 fully saturated rings. The van der Waals surface area contributed by atoms with E-state index in [1.807, 2.05) is 0 Å². The van der Waals surface area contributed by atoms with E-state index in [0.717, 1.165) is 5.56 Å². The van der Waals surface area contributed by atoms with E-state index in [1.54, 1.807) is 38.1 Å². The van der Waals surface area contributed by atoms with Crippen LogP contribution in [0.5, 0.6) is 0 Å². The fraction of sp³-hybridized carbons (Fsp3) is 0.286. The van der Waals surface area contributed by atoms with Gasteiger partial charge in [0, 0.05) is 17.2 Å². The summed E-state index contributed by atoms with van der Waals surface area (Å²) in [4.78, 5) is 28.4. The zero-order chi connectivity index (χ0) is 15.4. The molecule has 0 saturated carbocycles. The molecule has 1 amide bonds. The summed E-state index contributed by atoms with van der Waals surface area (Å²) in [5.74, 6) is -0.937. The van der Waals surface area contributed by atoms with Gasteiger partial charge in [-0.05, 0) is 26.0 Å². The number of carbonyl (C=O) groups is 2. The van der Waals surface area contributed by atoms with Crippen molar-refractivity contribution in [2.45, 2.75) is 19.9 Å². The molecule has 0 saturated heterocycles. The highest BCUT2D eigenvalue weighted by Gasteiger charge is 2.21. The Balaban J connectivity index is 2.20. The van der Waals surface area contributed by atoms with Gasteiger partial charge >= 0.3 is 5.97 Å². The van der Waals surface area contributed by atoms with Crippen LogP contribution in [0.25, 0.3) is 11.4 Å². The third-order valence-electron chi connectivity index (χ3n) is 2.94. The first-order valence-electron chi connectivity index (χ1n) is 6.38. The van der Waals surface area contributed by atoms with Crippen molar-refractivity contribution in [3.63, 3.8) is 0 Å². The Morgan fingerprint density at radius 3 is 2.43 bits per heavy atom. The molecule has 7 nitrogen and oxygen atoms in total. The maximum Gasteiger partial charge on any atom is 0.323 e. The first kappa shape index (κ1) is 14.7. The third-order valence-corrected chi connectivity index (χ3v) is 2.94. The lowest BCUT2D eigenvalue weighted by Crippen LogP contribution is -2.40. The Labute approximate surface area is 121 Å². The topological polar surface area (TPSA) is 96.5 Å². The number of nitrogens with zero attached hydrogens (tertiary/aromatic N) is 3. The third kappa shape index (κ3) is 3.44. The number of amides is 1. The number of hydrogen-bond acceptors (Lipinski definition) is 5. The van der Waals surface area contributed by atoms with Crippen molar-refractivity contribution < 1.29 is 19.2 Å². The second-order valence-corrected chi connectivity index (χ2v) is 4.75. The Morgan fingerprint density at radius 1 is 1.29 bits per heavy atom. The molecule has 1 heterocycles. The van der Waals surface area contributed by atoms with Gasteiger partial charge in [0.15, 0.2) is 0 Å². The normalized spacial score (nSPS) is 10.6. The van der Waals surface area contributed by atoms with Gasteiger partial charge in [-0.3, -0.25) is 9.59 Å². The van der Waals surface area contributed by atoms with Gasteiger partial charge < -0.3 is 14.5 Å². The molecule has 0 spiro atoms. The molecular weight excluding hydrogens is 274 g/mol. The zero-order valence-electron chi connectivity index (χ0n) is 11.7. The van der Waals surface area contributed by atoms with Gasteiger partial charge in [-0.1, -0.05) is 17.3 Å². The summed E-state index contributed by atoms with van der Waals surface area (Å²) >= 11 is 0. The Bertz CT molecular complexity index is 620. The average molecular weight is 289 g/mol. The molecule has 1 aromatic carbocycles. The second kappa shape index (κ2) is 6.17. The van der Waals surface area contributed by atoms with Crippen LogP contribution in [0.1, 0.15) is 24.2 Å². The molecule has 2 aromatic rings. The van der Waals surface area contributed by atoms with Gasteiger partial charge in [0.05, 0.1) is 0 Å². The lowest BCUT2D eigenvalue weighted by atomic mass is 10.1. The quantitative estimate of drug-likeness (QED) is 0.899. The van der Waals surface area contributed by atoms with Crippen molar-refractivity contribution in [1.29, 1.82) is 0 Å². The van der Waals surface area contributed by atoms with Crippen LogP contribution in [-0.4, -0.2) is 44.6 Å². The van der Waals surface area contributed by atoms with Crippen LogP contribution in [0.3, 0.4) is 0 Å². The van der Waals surface area contributed by atoms with Crippen LogP contribution in [0.2, 0.25) is 0 Å². The van der Waals surface area contributed by atoms with Gasteiger partial charge in [-0.2, -0.15) is 4.98 Å². The summed E-state index contributed by atoms with van der Waals surface area (Å²) in [6.45, 7) is 3.21. The monoisotopic (exact) mass is 289 g/mol. The molecule has 0 aliphatic heterocycles. The molecule has 7 heteroatoms. The molecule has 0 unspecified atom stereocenters. The van der Waals surface area contributed by atoms with Gasteiger partial charge in [0.25, 0.3) is 5.91 Å². The van der Waals surface area contributed by atoms with Crippen molar-refractivity contribution >= 4 is 11.9 Å². The van der Waals surface area contributed by atoms with Crippen molar-refractivity contribution in [1.82, 2.24) is 15.0 Å². The Hall–Kier alpha value is -2.70. The molecule has 0 radical (unpaired) electrons. The van der Waals surface area contributed by atoms with Gasteiger partial charge in [-0.15, -0.1) is 0 Å². The van der Waals surface area contributed by atoms with Gasteiger partial charge in [0.1, 0.15) is 6.54 Å². The van der Waals surface area contributed by atoms with Crippen LogP contribution >= 0.6 is 0 Å².